The van der Waals surface area contributed by atoms with Crippen LogP contribution in [0.3, 0.4) is 0 Å². The van der Waals surface area contributed by atoms with Crippen molar-refractivity contribution < 1.29 is 9.32 Å². The van der Waals surface area contributed by atoms with Gasteiger partial charge < -0.3 is 20.1 Å². The lowest BCUT2D eigenvalue weighted by atomic mass is 10.1. The molecule has 8 nitrogen and oxygen atoms in total. The van der Waals surface area contributed by atoms with Gasteiger partial charge in [0, 0.05) is 35.8 Å². The summed E-state index contributed by atoms with van der Waals surface area (Å²) in [5.74, 6) is 1.43. The summed E-state index contributed by atoms with van der Waals surface area (Å²) in [5, 5.41) is 10.9. The number of hydrogen-bond acceptors (Lipinski definition) is 6. The van der Waals surface area contributed by atoms with Gasteiger partial charge in [-0.15, -0.1) is 0 Å². The number of rotatable bonds is 6. The van der Waals surface area contributed by atoms with E-state index in [1.807, 2.05) is 24.4 Å². The van der Waals surface area contributed by atoms with E-state index in [1.165, 1.54) is 11.7 Å². The zero-order valence-corrected chi connectivity index (χ0v) is 14.7. The molecule has 1 amide bonds. The van der Waals surface area contributed by atoms with Crippen LogP contribution >= 0.6 is 0 Å². The van der Waals surface area contributed by atoms with Gasteiger partial charge in [-0.1, -0.05) is 23.4 Å². The molecule has 0 aliphatic carbocycles. The van der Waals surface area contributed by atoms with Gasteiger partial charge in [-0.05, 0) is 25.0 Å². The van der Waals surface area contributed by atoms with E-state index in [4.69, 9.17) is 4.52 Å². The first kappa shape index (κ1) is 16.8. The lowest BCUT2D eigenvalue weighted by molar-refractivity contribution is 0.0949. The van der Waals surface area contributed by atoms with Crippen LogP contribution in [0.2, 0.25) is 0 Å². The van der Waals surface area contributed by atoms with Crippen LogP contribution in [-0.4, -0.2) is 32.6 Å². The SMILES string of the molecule is Cc1cc(Nc2cc(C(=O)NCCc3c[nH]c4ccccc34)ncn2)no1. The number of fused-ring (bicyclic) bond motifs is 1. The maximum atomic E-state index is 12.4. The van der Waals surface area contributed by atoms with Gasteiger partial charge in [0.15, 0.2) is 5.82 Å². The molecule has 0 saturated carbocycles. The predicted molar refractivity (Wildman–Crippen MR) is 101 cm³/mol. The van der Waals surface area contributed by atoms with Crippen molar-refractivity contribution in [2.24, 2.45) is 0 Å². The maximum absolute atomic E-state index is 12.4. The number of benzene rings is 1. The summed E-state index contributed by atoms with van der Waals surface area (Å²) in [6.45, 7) is 2.31. The third-order valence-electron chi connectivity index (χ3n) is 4.14. The molecule has 27 heavy (non-hydrogen) atoms. The van der Waals surface area contributed by atoms with Crippen molar-refractivity contribution in [2.45, 2.75) is 13.3 Å². The number of H-pyrrole nitrogens is 1. The molecule has 0 aliphatic rings. The quantitative estimate of drug-likeness (QED) is 0.487. The van der Waals surface area contributed by atoms with Crippen LogP contribution in [0.15, 0.2) is 53.4 Å². The van der Waals surface area contributed by atoms with Gasteiger partial charge in [0.2, 0.25) is 0 Å². The van der Waals surface area contributed by atoms with Gasteiger partial charge in [0.25, 0.3) is 5.91 Å². The molecule has 8 heteroatoms. The first-order valence-electron chi connectivity index (χ1n) is 8.54. The number of hydrogen-bond donors (Lipinski definition) is 3. The maximum Gasteiger partial charge on any atom is 0.270 e. The molecule has 3 heterocycles. The molecule has 0 bridgehead atoms. The van der Waals surface area contributed by atoms with Crippen LogP contribution in [0.4, 0.5) is 11.6 Å². The Morgan fingerprint density at radius 1 is 1.19 bits per heavy atom. The van der Waals surface area contributed by atoms with Gasteiger partial charge >= 0.3 is 0 Å². The monoisotopic (exact) mass is 362 g/mol. The summed E-state index contributed by atoms with van der Waals surface area (Å²) < 4.78 is 5.00. The van der Waals surface area contributed by atoms with Crippen molar-refractivity contribution in [3.63, 3.8) is 0 Å². The van der Waals surface area contributed by atoms with E-state index in [2.05, 4.69) is 36.8 Å². The van der Waals surface area contributed by atoms with Crippen molar-refractivity contribution in [3.05, 3.63) is 65.9 Å². The molecule has 136 valence electrons. The predicted octanol–water partition coefficient (Wildman–Crippen LogP) is 2.97. The van der Waals surface area contributed by atoms with E-state index in [-0.39, 0.29) is 11.6 Å². The molecular formula is C19H18N6O2. The minimum Gasteiger partial charge on any atom is -0.361 e. The minimum absolute atomic E-state index is 0.253. The van der Waals surface area contributed by atoms with E-state index < -0.39 is 0 Å². The van der Waals surface area contributed by atoms with Crippen LogP contribution in [-0.2, 0) is 6.42 Å². The number of aryl methyl sites for hydroxylation is 1. The first-order chi connectivity index (χ1) is 13.2. The molecule has 1 aromatic carbocycles. The van der Waals surface area contributed by atoms with E-state index in [9.17, 15) is 4.79 Å². The Morgan fingerprint density at radius 3 is 2.93 bits per heavy atom. The number of aromatic amines is 1. The molecule has 0 aliphatic heterocycles. The number of aromatic nitrogens is 4. The Hall–Kier alpha value is -3.68. The van der Waals surface area contributed by atoms with Gasteiger partial charge in [-0.25, -0.2) is 9.97 Å². The lowest BCUT2D eigenvalue weighted by Gasteiger charge is -2.06. The molecule has 0 fully saturated rings. The van der Waals surface area contributed by atoms with Crippen molar-refractivity contribution >= 4 is 28.4 Å². The summed E-state index contributed by atoms with van der Waals surface area (Å²) in [7, 11) is 0. The average Bonchev–Trinajstić information content (AvgIpc) is 3.28. The van der Waals surface area contributed by atoms with E-state index in [0.717, 1.165) is 17.5 Å². The highest BCUT2D eigenvalue weighted by molar-refractivity contribution is 5.93. The highest BCUT2D eigenvalue weighted by Gasteiger charge is 2.10. The van der Waals surface area contributed by atoms with Gasteiger partial charge in [0.05, 0.1) is 0 Å². The van der Waals surface area contributed by atoms with Gasteiger partial charge in [0.1, 0.15) is 23.6 Å². The number of para-hydroxylation sites is 1. The summed E-state index contributed by atoms with van der Waals surface area (Å²) in [6, 6.07) is 11.4. The molecule has 3 aromatic heterocycles. The first-order valence-corrected chi connectivity index (χ1v) is 8.54. The molecule has 4 aromatic rings. The molecule has 4 rings (SSSR count). The molecular weight excluding hydrogens is 344 g/mol. The highest BCUT2D eigenvalue weighted by atomic mass is 16.5. The van der Waals surface area contributed by atoms with Crippen molar-refractivity contribution in [1.82, 2.24) is 25.4 Å². The van der Waals surface area contributed by atoms with Crippen molar-refractivity contribution in [2.75, 3.05) is 11.9 Å². The number of amides is 1. The Morgan fingerprint density at radius 2 is 2.07 bits per heavy atom. The molecule has 0 saturated heterocycles. The zero-order chi connectivity index (χ0) is 18.6. The molecule has 0 radical (unpaired) electrons. The smallest absolute Gasteiger partial charge is 0.270 e. The number of nitrogens with one attached hydrogen (secondary N) is 3. The summed E-state index contributed by atoms with van der Waals surface area (Å²) in [4.78, 5) is 23.7. The van der Waals surface area contributed by atoms with Gasteiger partial charge in [-0.3, -0.25) is 4.79 Å². The fourth-order valence-electron chi connectivity index (χ4n) is 2.85. The van der Waals surface area contributed by atoms with E-state index >= 15 is 0 Å². The number of nitrogens with zero attached hydrogens (tertiary/aromatic N) is 3. The number of carbonyl (C=O) groups excluding carboxylic acids is 1. The minimum atomic E-state index is -0.253. The molecule has 0 spiro atoms. The number of anilines is 2. The van der Waals surface area contributed by atoms with Crippen LogP contribution in [0.5, 0.6) is 0 Å². The van der Waals surface area contributed by atoms with Crippen LogP contribution in [0.1, 0.15) is 21.8 Å². The fraction of sp³-hybridized carbons (Fsp3) is 0.158. The molecule has 0 atom stereocenters. The summed E-state index contributed by atoms with van der Waals surface area (Å²) in [6.07, 6.45) is 4.04. The second kappa shape index (κ2) is 7.28. The zero-order valence-electron chi connectivity index (χ0n) is 14.7. The normalized spacial score (nSPS) is 10.9. The Balaban J connectivity index is 1.37. The Bertz CT molecular complexity index is 1080. The average molecular weight is 362 g/mol. The summed E-state index contributed by atoms with van der Waals surface area (Å²) >= 11 is 0. The second-order valence-corrected chi connectivity index (χ2v) is 6.10. The van der Waals surface area contributed by atoms with E-state index in [0.29, 0.717) is 23.9 Å². The third-order valence-corrected chi connectivity index (χ3v) is 4.14. The topological polar surface area (TPSA) is 109 Å². The highest BCUT2D eigenvalue weighted by Crippen LogP contribution is 2.18. The summed E-state index contributed by atoms with van der Waals surface area (Å²) in [5.41, 5.74) is 2.54. The van der Waals surface area contributed by atoms with E-state index in [1.54, 1.807) is 19.1 Å². The number of carbonyl (C=O) groups is 1. The van der Waals surface area contributed by atoms with Crippen molar-refractivity contribution in [1.29, 1.82) is 0 Å². The van der Waals surface area contributed by atoms with Crippen LogP contribution in [0.25, 0.3) is 10.9 Å². The molecule has 3 N–H and O–H groups in total. The lowest BCUT2D eigenvalue weighted by Crippen LogP contribution is -2.26. The van der Waals surface area contributed by atoms with Crippen LogP contribution < -0.4 is 10.6 Å². The van der Waals surface area contributed by atoms with Crippen molar-refractivity contribution in [3.8, 4) is 0 Å². The Kier molecular flexibility index (Phi) is 4.52. The largest absolute Gasteiger partial charge is 0.361 e. The van der Waals surface area contributed by atoms with Crippen LogP contribution in [0, 0.1) is 6.92 Å². The standard InChI is InChI=1S/C19H18N6O2/c1-12-8-18(25-27-12)24-17-9-16(22-11-23-17)19(26)20-7-6-13-10-21-15-5-3-2-4-14(13)15/h2-5,8-11,21H,6-7H2,1H3,(H,20,26)(H,22,23,24,25). The molecule has 0 unspecified atom stereocenters. The second-order valence-electron chi connectivity index (χ2n) is 6.10. The third kappa shape index (κ3) is 3.79. The van der Waals surface area contributed by atoms with Gasteiger partial charge in [-0.2, -0.15) is 0 Å². The Labute approximate surface area is 155 Å². The fourth-order valence-corrected chi connectivity index (χ4v) is 2.85.